The molecule has 0 bridgehead atoms. The summed E-state index contributed by atoms with van der Waals surface area (Å²) >= 11 is 0. The van der Waals surface area contributed by atoms with E-state index in [2.05, 4.69) is 5.32 Å². The first-order valence-electron chi connectivity index (χ1n) is 6.57. The Morgan fingerprint density at radius 3 is 2.45 bits per heavy atom. The summed E-state index contributed by atoms with van der Waals surface area (Å²) in [6.45, 7) is -0.0474. The van der Waals surface area contributed by atoms with Crippen molar-refractivity contribution in [3.63, 3.8) is 0 Å². The van der Waals surface area contributed by atoms with Crippen LogP contribution in [0.25, 0.3) is 0 Å². The summed E-state index contributed by atoms with van der Waals surface area (Å²) in [6, 6.07) is 6.07. The number of nitrogens with one attached hydrogen (secondary N) is 1. The molecule has 1 aromatic rings. The molecule has 0 atom stereocenters. The number of halogens is 2. The van der Waals surface area contributed by atoms with E-state index in [4.69, 9.17) is 10.5 Å². The van der Waals surface area contributed by atoms with Crippen molar-refractivity contribution in [2.75, 3.05) is 6.61 Å². The minimum atomic E-state index is -0.324. The van der Waals surface area contributed by atoms with Gasteiger partial charge in [-0.15, -0.1) is 12.4 Å². The van der Waals surface area contributed by atoms with Crippen LogP contribution in [0.15, 0.2) is 24.3 Å². The van der Waals surface area contributed by atoms with Crippen molar-refractivity contribution in [2.45, 2.75) is 37.8 Å². The molecule has 0 aliphatic heterocycles. The fourth-order valence-electron chi connectivity index (χ4n) is 2.21. The number of ether oxygens (including phenoxy) is 1. The van der Waals surface area contributed by atoms with E-state index in [1.165, 1.54) is 24.3 Å². The lowest BCUT2D eigenvalue weighted by atomic mass is 9.92. The third-order valence-corrected chi connectivity index (χ3v) is 3.32. The molecular formula is C14H20ClFN2O2. The van der Waals surface area contributed by atoms with E-state index in [1.807, 2.05) is 0 Å². The van der Waals surface area contributed by atoms with Crippen LogP contribution in [0, 0.1) is 5.82 Å². The smallest absolute Gasteiger partial charge is 0.258 e. The number of amides is 1. The number of rotatable bonds is 4. The van der Waals surface area contributed by atoms with Crippen LogP contribution in [0.2, 0.25) is 0 Å². The van der Waals surface area contributed by atoms with Crippen LogP contribution in [0.3, 0.4) is 0 Å². The molecule has 1 saturated carbocycles. The van der Waals surface area contributed by atoms with Crippen LogP contribution in [0.4, 0.5) is 4.39 Å². The Balaban J connectivity index is 0.00000200. The molecule has 2 rings (SSSR count). The van der Waals surface area contributed by atoms with Gasteiger partial charge in [0, 0.05) is 12.1 Å². The van der Waals surface area contributed by atoms with Crippen molar-refractivity contribution in [3.8, 4) is 5.75 Å². The quantitative estimate of drug-likeness (QED) is 0.894. The fourth-order valence-corrected chi connectivity index (χ4v) is 2.21. The van der Waals surface area contributed by atoms with Crippen LogP contribution in [-0.2, 0) is 4.79 Å². The molecule has 1 aliphatic rings. The monoisotopic (exact) mass is 302 g/mol. The number of nitrogens with two attached hydrogens (primary N) is 1. The second kappa shape index (κ2) is 8.07. The fraction of sp³-hybridized carbons (Fsp3) is 0.500. The van der Waals surface area contributed by atoms with Crippen molar-refractivity contribution in [2.24, 2.45) is 5.73 Å². The zero-order valence-electron chi connectivity index (χ0n) is 11.2. The predicted octanol–water partition coefficient (Wildman–Crippen LogP) is 2.01. The van der Waals surface area contributed by atoms with Gasteiger partial charge >= 0.3 is 0 Å². The first-order chi connectivity index (χ1) is 9.13. The highest BCUT2D eigenvalue weighted by atomic mass is 35.5. The van der Waals surface area contributed by atoms with Gasteiger partial charge in [0.2, 0.25) is 0 Å². The van der Waals surface area contributed by atoms with E-state index >= 15 is 0 Å². The molecule has 1 aliphatic carbocycles. The molecule has 1 aromatic carbocycles. The van der Waals surface area contributed by atoms with Crippen LogP contribution >= 0.6 is 12.4 Å². The Hall–Kier alpha value is -1.33. The molecule has 3 N–H and O–H groups in total. The molecule has 6 heteroatoms. The summed E-state index contributed by atoms with van der Waals surface area (Å²) in [5.41, 5.74) is 5.81. The van der Waals surface area contributed by atoms with Gasteiger partial charge in [0.25, 0.3) is 5.91 Å². The van der Waals surface area contributed by atoms with E-state index in [-0.39, 0.29) is 42.8 Å². The molecular weight excluding hydrogens is 283 g/mol. The van der Waals surface area contributed by atoms with Crippen molar-refractivity contribution in [3.05, 3.63) is 30.1 Å². The molecule has 112 valence electrons. The molecule has 20 heavy (non-hydrogen) atoms. The third kappa shape index (κ3) is 5.35. The number of carbonyl (C=O) groups excluding carboxylic acids is 1. The maximum absolute atomic E-state index is 12.7. The molecule has 1 amide bonds. The molecule has 0 saturated heterocycles. The van der Waals surface area contributed by atoms with Gasteiger partial charge in [-0.1, -0.05) is 0 Å². The Labute approximate surface area is 124 Å². The van der Waals surface area contributed by atoms with Gasteiger partial charge in [-0.25, -0.2) is 4.39 Å². The summed E-state index contributed by atoms with van der Waals surface area (Å²) in [5, 5.41) is 2.93. The summed E-state index contributed by atoms with van der Waals surface area (Å²) in [4.78, 5) is 11.7. The molecule has 0 aromatic heterocycles. The summed E-state index contributed by atoms with van der Waals surface area (Å²) in [6.07, 6.45) is 3.74. The van der Waals surface area contributed by atoms with Crippen LogP contribution in [0.5, 0.6) is 5.75 Å². The van der Waals surface area contributed by atoms with Crippen LogP contribution in [0.1, 0.15) is 25.7 Å². The number of benzene rings is 1. The van der Waals surface area contributed by atoms with E-state index in [0.29, 0.717) is 5.75 Å². The Bertz CT molecular complexity index is 420. The summed E-state index contributed by atoms with van der Waals surface area (Å²) in [5.74, 6) is 0.0161. The number of hydrogen-bond donors (Lipinski definition) is 2. The Kier molecular flexibility index (Phi) is 6.75. The standard InChI is InChI=1S/C14H19FN2O2.ClH/c15-10-1-7-13(8-2-10)19-9-14(18)17-12-5-3-11(16)4-6-12;/h1-2,7-8,11-12H,3-6,9,16H2,(H,17,18);1H. The molecule has 0 radical (unpaired) electrons. The maximum Gasteiger partial charge on any atom is 0.258 e. The summed E-state index contributed by atoms with van der Waals surface area (Å²) in [7, 11) is 0. The number of carbonyl (C=O) groups is 1. The highest BCUT2D eigenvalue weighted by Crippen LogP contribution is 2.17. The SMILES string of the molecule is Cl.NC1CCC(NC(=O)COc2ccc(F)cc2)CC1. The maximum atomic E-state index is 12.7. The summed E-state index contributed by atoms with van der Waals surface area (Å²) < 4.78 is 18.0. The lowest BCUT2D eigenvalue weighted by Gasteiger charge is -2.26. The van der Waals surface area contributed by atoms with Crippen molar-refractivity contribution in [1.82, 2.24) is 5.32 Å². The second-order valence-electron chi connectivity index (χ2n) is 4.92. The van der Waals surface area contributed by atoms with Crippen molar-refractivity contribution < 1.29 is 13.9 Å². The van der Waals surface area contributed by atoms with E-state index in [0.717, 1.165) is 25.7 Å². The van der Waals surface area contributed by atoms with E-state index < -0.39 is 0 Å². The van der Waals surface area contributed by atoms with Crippen LogP contribution < -0.4 is 15.8 Å². The van der Waals surface area contributed by atoms with Gasteiger partial charge in [-0.05, 0) is 49.9 Å². The van der Waals surface area contributed by atoms with Crippen molar-refractivity contribution in [1.29, 1.82) is 0 Å². The minimum Gasteiger partial charge on any atom is -0.484 e. The van der Waals surface area contributed by atoms with Gasteiger partial charge in [-0.3, -0.25) is 4.79 Å². The second-order valence-corrected chi connectivity index (χ2v) is 4.92. The molecule has 0 heterocycles. The van der Waals surface area contributed by atoms with Gasteiger partial charge in [0.05, 0.1) is 0 Å². The first-order valence-corrected chi connectivity index (χ1v) is 6.57. The topological polar surface area (TPSA) is 64.3 Å². The van der Waals surface area contributed by atoms with Gasteiger partial charge < -0.3 is 15.8 Å². The lowest BCUT2D eigenvalue weighted by molar-refractivity contribution is -0.124. The normalized spacial score (nSPS) is 21.7. The molecule has 0 spiro atoms. The molecule has 0 unspecified atom stereocenters. The Morgan fingerprint density at radius 1 is 1.25 bits per heavy atom. The van der Waals surface area contributed by atoms with Crippen LogP contribution in [-0.4, -0.2) is 24.6 Å². The highest BCUT2D eigenvalue weighted by Gasteiger charge is 2.19. The molecule has 4 nitrogen and oxygen atoms in total. The Morgan fingerprint density at radius 2 is 1.85 bits per heavy atom. The zero-order valence-corrected chi connectivity index (χ0v) is 12.0. The number of hydrogen-bond acceptors (Lipinski definition) is 3. The first kappa shape index (κ1) is 16.7. The molecule has 1 fully saturated rings. The van der Waals surface area contributed by atoms with E-state index in [9.17, 15) is 9.18 Å². The van der Waals surface area contributed by atoms with Gasteiger partial charge in [-0.2, -0.15) is 0 Å². The average Bonchev–Trinajstić information content (AvgIpc) is 2.41. The van der Waals surface area contributed by atoms with Gasteiger partial charge in [0.15, 0.2) is 6.61 Å². The average molecular weight is 303 g/mol. The van der Waals surface area contributed by atoms with Crippen molar-refractivity contribution >= 4 is 18.3 Å². The highest BCUT2D eigenvalue weighted by molar-refractivity contribution is 5.85. The largest absolute Gasteiger partial charge is 0.484 e. The lowest BCUT2D eigenvalue weighted by Crippen LogP contribution is -2.42. The minimum absolute atomic E-state index is 0. The van der Waals surface area contributed by atoms with E-state index in [1.54, 1.807) is 0 Å². The van der Waals surface area contributed by atoms with Gasteiger partial charge in [0.1, 0.15) is 11.6 Å². The predicted molar refractivity (Wildman–Crippen MR) is 77.5 cm³/mol. The zero-order chi connectivity index (χ0) is 13.7. The third-order valence-electron chi connectivity index (χ3n) is 3.32.